The van der Waals surface area contributed by atoms with Crippen molar-refractivity contribution in [2.75, 3.05) is 0 Å². The lowest BCUT2D eigenvalue weighted by atomic mass is 10.1. The molecule has 0 radical (unpaired) electrons. The molecule has 0 atom stereocenters. The highest BCUT2D eigenvalue weighted by Crippen LogP contribution is 2.12. The molecule has 0 bridgehead atoms. The second kappa shape index (κ2) is 5.25. The van der Waals surface area contributed by atoms with Gasteiger partial charge in [0.1, 0.15) is 0 Å². The Morgan fingerprint density at radius 2 is 1.67 bits per heavy atom. The average Bonchev–Trinajstić information content (AvgIpc) is 2.51. The molecule has 1 N–H and O–H groups in total. The Bertz CT molecular complexity index is 934. The van der Waals surface area contributed by atoms with E-state index < -0.39 is 5.69 Å². The molecule has 0 aliphatic carbocycles. The smallest absolute Gasteiger partial charge is 0.307 e. The summed E-state index contributed by atoms with van der Waals surface area (Å²) in [6, 6.07) is 15.3. The molecule has 4 nitrogen and oxygen atoms in total. The molecule has 0 aliphatic heterocycles. The van der Waals surface area contributed by atoms with Crippen molar-refractivity contribution in [3.63, 3.8) is 0 Å². The van der Waals surface area contributed by atoms with Gasteiger partial charge in [-0.3, -0.25) is 9.36 Å². The van der Waals surface area contributed by atoms with E-state index in [0.29, 0.717) is 10.9 Å². The van der Waals surface area contributed by atoms with Crippen LogP contribution in [0.4, 0.5) is 0 Å². The van der Waals surface area contributed by atoms with Crippen LogP contribution in [-0.2, 0) is 7.05 Å². The van der Waals surface area contributed by atoms with Crippen molar-refractivity contribution in [2.45, 2.75) is 0 Å². The number of nitrogens with one attached hydrogen (secondary N) is 1. The molecule has 3 rings (SSSR count). The summed E-state index contributed by atoms with van der Waals surface area (Å²) in [6.07, 6.45) is 3.94. The zero-order valence-corrected chi connectivity index (χ0v) is 11.5. The van der Waals surface area contributed by atoms with E-state index >= 15 is 0 Å². The average molecular weight is 278 g/mol. The van der Waals surface area contributed by atoms with Gasteiger partial charge in [-0.2, -0.15) is 0 Å². The molecule has 1 aromatic heterocycles. The molecule has 4 heteroatoms. The minimum Gasteiger partial charge on any atom is -0.307 e. The molecule has 0 unspecified atom stereocenters. The number of H-pyrrole nitrogens is 1. The summed E-state index contributed by atoms with van der Waals surface area (Å²) < 4.78 is 1.07. The number of hydrogen-bond donors (Lipinski definition) is 1. The number of benzene rings is 2. The van der Waals surface area contributed by atoms with Gasteiger partial charge in [-0.1, -0.05) is 48.6 Å². The van der Waals surface area contributed by atoms with E-state index in [2.05, 4.69) is 4.98 Å². The highest BCUT2D eigenvalue weighted by atomic mass is 16.2. The molecular weight excluding hydrogens is 264 g/mol. The number of rotatable bonds is 2. The molecule has 0 fully saturated rings. The van der Waals surface area contributed by atoms with Crippen LogP contribution in [0.15, 0.2) is 58.1 Å². The van der Waals surface area contributed by atoms with Gasteiger partial charge in [0.25, 0.3) is 5.56 Å². The van der Waals surface area contributed by atoms with Crippen molar-refractivity contribution in [2.24, 2.45) is 7.05 Å². The normalized spacial score (nSPS) is 11.3. The molecule has 0 spiro atoms. The van der Waals surface area contributed by atoms with E-state index in [0.717, 1.165) is 15.7 Å². The fourth-order valence-electron chi connectivity index (χ4n) is 2.18. The summed E-state index contributed by atoms with van der Waals surface area (Å²) in [5.41, 5.74) is 1.88. The van der Waals surface area contributed by atoms with Gasteiger partial charge >= 0.3 is 5.69 Å². The third kappa shape index (κ3) is 2.56. The van der Waals surface area contributed by atoms with Crippen LogP contribution in [-0.4, -0.2) is 9.55 Å². The SMILES string of the molecule is Cn1c(=O)[nH]c2cc(/C=C/c3ccccc3)ccc2c1=O. The van der Waals surface area contributed by atoms with E-state index in [-0.39, 0.29) is 5.56 Å². The molecule has 0 saturated carbocycles. The van der Waals surface area contributed by atoms with Gasteiger partial charge in [-0.25, -0.2) is 4.79 Å². The van der Waals surface area contributed by atoms with E-state index in [4.69, 9.17) is 0 Å². The fraction of sp³-hybridized carbons (Fsp3) is 0.0588. The molecule has 0 saturated heterocycles. The van der Waals surface area contributed by atoms with E-state index in [1.165, 1.54) is 7.05 Å². The first kappa shape index (κ1) is 13.1. The Morgan fingerprint density at radius 3 is 2.43 bits per heavy atom. The largest absolute Gasteiger partial charge is 0.328 e. The number of aromatic amines is 1. The highest BCUT2D eigenvalue weighted by Gasteiger charge is 2.04. The number of aromatic nitrogens is 2. The molecule has 104 valence electrons. The Morgan fingerprint density at radius 1 is 0.952 bits per heavy atom. The van der Waals surface area contributed by atoms with E-state index in [9.17, 15) is 9.59 Å². The number of fused-ring (bicyclic) bond motifs is 1. The predicted molar refractivity (Wildman–Crippen MR) is 85.2 cm³/mol. The van der Waals surface area contributed by atoms with Crippen LogP contribution in [0.3, 0.4) is 0 Å². The lowest BCUT2D eigenvalue weighted by molar-refractivity contribution is 0.794. The van der Waals surface area contributed by atoms with Crippen molar-refractivity contribution < 1.29 is 0 Å². The summed E-state index contributed by atoms with van der Waals surface area (Å²) in [4.78, 5) is 26.3. The van der Waals surface area contributed by atoms with Crippen LogP contribution in [0.2, 0.25) is 0 Å². The minimum absolute atomic E-state index is 0.285. The second-order valence-corrected chi connectivity index (χ2v) is 4.84. The summed E-state index contributed by atoms with van der Waals surface area (Å²) in [5, 5.41) is 0.508. The molecule has 21 heavy (non-hydrogen) atoms. The van der Waals surface area contributed by atoms with Crippen LogP contribution < -0.4 is 11.2 Å². The van der Waals surface area contributed by atoms with E-state index in [1.807, 2.05) is 48.6 Å². The summed E-state index contributed by atoms with van der Waals surface area (Å²) in [5.74, 6) is 0. The summed E-state index contributed by atoms with van der Waals surface area (Å²) in [6.45, 7) is 0. The Balaban J connectivity index is 2.06. The zero-order chi connectivity index (χ0) is 14.8. The maximum atomic E-state index is 12.0. The lowest BCUT2D eigenvalue weighted by Crippen LogP contribution is -2.32. The maximum Gasteiger partial charge on any atom is 0.328 e. The molecule has 2 aromatic carbocycles. The monoisotopic (exact) mass is 278 g/mol. The van der Waals surface area contributed by atoms with Crippen LogP contribution in [0.1, 0.15) is 11.1 Å². The Labute approximate surface area is 121 Å². The van der Waals surface area contributed by atoms with Crippen molar-refractivity contribution in [1.29, 1.82) is 0 Å². The van der Waals surface area contributed by atoms with Crippen LogP contribution in [0.25, 0.3) is 23.1 Å². The highest BCUT2D eigenvalue weighted by molar-refractivity contribution is 5.82. The van der Waals surface area contributed by atoms with Gasteiger partial charge in [0.05, 0.1) is 10.9 Å². The Hall–Kier alpha value is -2.88. The molecule has 0 aliphatic rings. The van der Waals surface area contributed by atoms with Crippen molar-refractivity contribution in [3.8, 4) is 0 Å². The lowest BCUT2D eigenvalue weighted by Gasteiger charge is -2.02. The van der Waals surface area contributed by atoms with E-state index in [1.54, 1.807) is 12.1 Å². The third-order valence-corrected chi connectivity index (χ3v) is 3.39. The minimum atomic E-state index is -0.406. The fourth-order valence-corrected chi connectivity index (χ4v) is 2.18. The summed E-state index contributed by atoms with van der Waals surface area (Å²) >= 11 is 0. The summed E-state index contributed by atoms with van der Waals surface area (Å²) in [7, 11) is 1.46. The first-order valence-corrected chi connectivity index (χ1v) is 6.61. The first-order chi connectivity index (χ1) is 10.1. The molecule has 1 heterocycles. The van der Waals surface area contributed by atoms with Gasteiger partial charge in [-0.05, 0) is 23.3 Å². The van der Waals surface area contributed by atoms with Gasteiger partial charge in [0, 0.05) is 7.05 Å². The standard InChI is InChI=1S/C17H14N2O2/c1-19-16(20)14-10-9-13(11-15(14)18-17(19)21)8-7-12-5-3-2-4-6-12/h2-11H,1H3,(H,18,21)/b8-7+. The Kier molecular flexibility index (Phi) is 3.28. The molecular formula is C17H14N2O2. The van der Waals surface area contributed by atoms with Gasteiger partial charge in [-0.15, -0.1) is 0 Å². The van der Waals surface area contributed by atoms with Crippen LogP contribution in [0, 0.1) is 0 Å². The molecule has 0 amide bonds. The quantitative estimate of drug-likeness (QED) is 0.732. The van der Waals surface area contributed by atoms with Gasteiger partial charge in [0.2, 0.25) is 0 Å². The van der Waals surface area contributed by atoms with Crippen LogP contribution >= 0.6 is 0 Å². The number of nitrogens with zero attached hydrogens (tertiary/aromatic N) is 1. The third-order valence-electron chi connectivity index (χ3n) is 3.39. The van der Waals surface area contributed by atoms with Gasteiger partial charge in [0.15, 0.2) is 0 Å². The first-order valence-electron chi connectivity index (χ1n) is 6.61. The van der Waals surface area contributed by atoms with Crippen molar-refractivity contribution in [3.05, 3.63) is 80.5 Å². The second-order valence-electron chi connectivity index (χ2n) is 4.84. The van der Waals surface area contributed by atoms with Crippen molar-refractivity contribution >= 4 is 23.1 Å². The maximum absolute atomic E-state index is 12.0. The van der Waals surface area contributed by atoms with Crippen molar-refractivity contribution in [1.82, 2.24) is 9.55 Å². The topological polar surface area (TPSA) is 54.9 Å². The van der Waals surface area contributed by atoms with Crippen LogP contribution in [0.5, 0.6) is 0 Å². The van der Waals surface area contributed by atoms with Gasteiger partial charge < -0.3 is 4.98 Å². The number of hydrogen-bond acceptors (Lipinski definition) is 2. The zero-order valence-electron chi connectivity index (χ0n) is 11.5. The predicted octanol–water partition coefficient (Wildman–Crippen LogP) is 2.40. The molecule has 3 aromatic rings.